The Bertz CT molecular complexity index is 1720. The van der Waals surface area contributed by atoms with Crippen molar-refractivity contribution in [2.75, 3.05) is 5.32 Å². The molecule has 0 fully saturated rings. The number of thiophene rings is 1. The summed E-state index contributed by atoms with van der Waals surface area (Å²) in [7, 11) is 1.72. The number of benzene rings is 1. The Morgan fingerprint density at radius 3 is 2.55 bits per heavy atom. The van der Waals surface area contributed by atoms with E-state index in [2.05, 4.69) is 22.3 Å². The van der Waals surface area contributed by atoms with Gasteiger partial charge >= 0.3 is 0 Å². The molecule has 4 aromatic heterocycles. The molecule has 0 aliphatic rings. The molecule has 0 aliphatic carbocycles. The van der Waals surface area contributed by atoms with Crippen molar-refractivity contribution in [3.8, 4) is 16.9 Å². The fourth-order valence-electron chi connectivity index (χ4n) is 4.23. The molecule has 1 aromatic carbocycles. The molecule has 206 valence electrons. The summed E-state index contributed by atoms with van der Waals surface area (Å²) in [6.45, 7) is 3.94. The van der Waals surface area contributed by atoms with Crippen molar-refractivity contribution < 1.29 is 27.5 Å². The first-order chi connectivity index (χ1) is 19.2. The summed E-state index contributed by atoms with van der Waals surface area (Å²) in [4.78, 5) is 29.7. The number of nitrogens with one attached hydrogen (secondary N) is 1. The van der Waals surface area contributed by atoms with Crippen LogP contribution in [0.15, 0.2) is 53.1 Å². The third kappa shape index (κ3) is 5.17. The van der Waals surface area contributed by atoms with Crippen molar-refractivity contribution in [3.05, 3.63) is 82.0 Å². The molecule has 40 heavy (non-hydrogen) atoms. The highest BCUT2D eigenvalue weighted by molar-refractivity contribution is 7.21. The third-order valence-corrected chi connectivity index (χ3v) is 7.59. The van der Waals surface area contributed by atoms with Crippen LogP contribution in [0.3, 0.4) is 0 Å². The van der Waals surface area contributed by atoms with Gasteiger partial charge in [0.15, 0.2) is 5.76 Å². The van der Waals surface area contributed by atoms with Crippen LogP contribution >= 0.6 is 11.3 Å². The molecule has 3 N–H and O–H groups in total. The van der Waals surface area contributed by atoms with E-state index in [1.54, 1.807) is 24.7 Å². The number of primary amides is 1. The quantitative estimate of drug-likeness (QED) is 0.225. The number of ether oxygens (including phenoxy) is 1. The number of aryl methyl sites for hydroxylation is 2. The van der Waals surface area contributed by atoms with E-state index in [0.29, 0.717) is 33.7 Å². The number of hydrogen-bond donors (Lipinski definition) is 2. The molecule has 0 bridgehead atoms. The Morgan fingerprint density at radius 2 is 1.93 bits per heavy atom. The molecular formula is C28H25F2N5O4S. The van der Waals surface area contributed by atoms with Gasteiger partial charge in [0.1, 0.15) is 33.5 Å². The minimum atomic E-state index is -2.86. The lowest BCUT2D eigenvalue weighted by Crippen LogP contribution is -2.16. The fourth-order valence-corrected chi connectivity index (χ4v) is 5.24. The number of aromatic nitrogens is 3. The summed E-state index contributed by atoms with van der Waals surface area (Å²) in [5, 5.41) is 7.21. The smallest absolute Gasteiger partial charge is 0.291 e. The normalized spacial score (nSPS) is 11.3. The molecule has 4 heterocycles. The van der Waals surface area contributed by atoms with Crippen molar-refractivity contribution in [3.63, 3.8) is 0 Å². The van der Waals surface area contributed by atoms with E-state index in [9.17, 15) is 18.4 Å². The molecule has 0 atom stereocenters. The minimum absolute atomic E-state index is 0.0318. The predicted octanol–water partition coefficient (Wildman–Crippen LogP) is 6.03. The van der Waals surface area contributed by atoms with Gasteiger partial charge in [0.05, 0.1) is 11.9 Å². The maximum absolute atomic E-state index is 13.7. The van der Waals surface area contributed by atoms with Crippen LogP contribution in [0.4, 0.5) is 14.5 Å². The molecule has 0 saturated carbocycles. The number of nitrogens with two attached hydrogens (primary N) is 1. The number of nitrogens with zero attached hydrogens (tertiary/aromatic N) is 3. The van der Waals surface area contributed by atoms with Crippen molar-refractivity contribution in [1.29, 1.82) is 0 Å². The van der Waals surface area contributed by atoms with Gasteiger partial charge in [-0.05, 0) is 54.8 Å². The maximum atomic E-state index is 13.7. The number of amides is 2. The molecule has 12 heteroatoms. The maximum Gasteiger partial charge on any atom is 0.291 e. The van der Waals surface area contributed by atoms with Crippen molar-refractivity contribution >= 4 is 39.1 Å². The number of carbonyl (C=O) groups excluding carboxylic acids is 2. The van der Waals surface area contributed by atoms with E-state index in [4.69, 9.17) is 14.9 Å². The highest BCUT2D eigenvalue weighted by atomic mass is 32.1. The Labute approximate surface area is 231 Å². The number of rotatable bonds is 9. The van der Waals surface area contributed by atoms with Crippen LogP contribution in [0.25, 0.3) is 21.3 Å². The lowest BCUT2D eigenvalue weighted by molar-refractivity contribution is 0.0992. The van der Waals surface area contributed by atoms with Gasteiger partial charge in [-0.15, -0.1) is 11.3 Å². The molecule has 9 nitrogen and oxygen atoms in total. The summed E-state index contributed by atoms with van der Waals surface area (Å²) in [5.41, 5.74) is 7.97. The van der Waals surface area contributed by atoms with Crippen molar-refractivity contribution in [1.82, 2.24) is 14.8 Å². The average Bonchev–Trinajstić information content (AvgIpc) is 3.65. The molecule has 0 saturated heterocycles. The highest BCUT2D eigenvalue weighted by Gasteiger charge is 2.27. The number of fused-ring (bicyclic) bond motifs is 1. The van der Waals surface area contributed by atoms with Crippen LogP contribution in [0.2, 0.25) is 0 Å². The Kier molecular flexibility index (Phi) is 7.35. The van der Waals surface area contributed by atoms with Crippen LogP contribution < -0.4 is 15.8 Å². The summed E-state index contributed by atoms with van der Waals surface area (Å²) in [6, 6.07) is 12.0. The Hall–Kier alpha value is -4.58. The van der Waals surface area contributed by atoms with Crippen LogP contribution in [0.1, 0.15) is 56.3 Å². The van der Waals surface area contributed by atoms with Gasteiger partial charge in [0.25, 0.3) is 18.2 Å². The molecule has 5 rings (SSSR count). The number of pyridine rings is 1. The van der Waals surface area contributed by atoms with Crippen LogP contribution in [-0.4, -0.2) is 26.6 Å². The van der Waals surface area contributed by atoms with Gasteiger partial charge in [-0.1, -0.05) is 19.1 Å². The average molecular weight is 566 g/mol. The van der Waals surface area contributed by atoms with Gasteiger partial charge < -0.3 is 20.2 Å². The molecule has 0 aliphatic heterocycles. The monoisotopic (exact) mass is 565 g/mol. The first-order valence-electron chi connectivity index (χ1n) is 12.3. The molecule has 5 aromatic rings. The molecule has 0 radical (unpaired) electrons. The van der Waals surface area contributed by atoms with E-state index in [0.717, 1.165) is 17.8 Å². The zero-order valence-electron chi connectivity index (χ0n) is 21.8. The first kappa shape index (κ1) is 27.0. The van der Waals surface area contributed by atoms with Crippen LogP contribution in [-0.2, 0) is 20.1 Å². The Balaban J connectivity index is 1.48. The second-order valence-corrected chi connectivity index (χ2v) is 10.0. The lowest BCUT2D eigenvalue weighted by Gasteiger charge is -2.10. The third-order valence-electron chi connectivity index (χ3n) is 6.49. The zero-order valence-corrected chi connectivity index (χ0v) is 22.6. The Morgan fingerprint density at radius 1 is 1.18 bits per heavy atom. The first-order valence-corrected chi connectivity index (χ1v) is 13.1. The highest BCUT2D eigenvalue weighted by Crippen LogP contribution is 2.43. The number of hydrogen-bond acceptors (Lipinski definition) is 7. The van der Waals surface area contributed by atoms with Crippen LogP contribution in [0.5, 0.6) is 5.75 Å². The van der Waals surface area contributed by atoms with E-state index in [-0.39, 0.29) is 27.8 Å². The van der Waals surface area contributed by atoms with Gasteiger partial charge in [0, 0.05) is 23.7 Å². The SMILES string of the molecule is CCc1ccc(OCc2ccc(C(=O)Nc3c(C(N)=O)sc4nc(C(F)F)cc(-c5cnn(C)c5C)c34)o2)cc1. The van der Waals surface area contributed by atoms with E-state index in [1.165, 1.54) is 23.9 Å². The summed E-state index contributed by atoms with van der Waals surface area (Å²) < 4.78 is 40.5. The largest absolute Gasteiger partial charge is 0.486 e. The molecular weight excluding hydrogens is 540 g/mol. The lowest BCUT2D eigenvalue weighted by atomic mass is 10.0. The van der Waals surface area contributed by atoms with Gasteiger partial charge in [-0.3, -0.25) is 14.3 Å². The van der Waals surface area contributed by atoms with Gasteiger partial charge in [0.2, 0.25) is 0 Å². The molecule has 2 amide bonds. The topological polar surface area (TPSA) is 125 Å². The standard InChI is InChI=1S/C28H25F2N5O4S/c1-4-15-5-7-16(8-6-15)38-13-17-9-10-21(39-17)27(37)34-23-22-18(19-12-32-35(3)14(19)2)11-20(25(29)30)33-28(22)40-24(23)26(31)36/h5-12,25H,4,13H2,1-3H3,(H2,31,36)(H,34,37). The van der Waals surface area contributed by atoms with E-state index < -0.39 is 23.9 Å². The van der Waals surface area contributed by atoms with E-state index in [1.807, 2.05) is 24.3 Å². The van der Waals surface area contributed by atoms with Crippen molar-refractivity contribution in [2.45, 2.75) is 33.3 Å². The predicted molar refractivity (Wildman–Crippen MR) is 147 cm³/mol. The number of anilines is 1. The molecule has 0 spiro atoms. The fraction of sp³-hybridized carbons (Fsp3) is 0.214. The van der Waals surface area contributed by atoms with Crippen LogP contribution in [0, 0.1) is 6.92 Å². The number of carbonyl (C=O) groups is 2. The van der Waals surface area contributed by atoms with Crippen molar-refractivity contribution in [2.24, 2.45) is 12.8 Å². The zero-order chi connectivity index (χ0) is 28.6. The molecule has 0 unspecified atom stereocenters. The second kappa shape index (κ2) is 10.9. The second-order valence-electron chi connectivity index (χ2n) is 9.02. The number of halogens is 2. The minimum Gasteiger partial charge on any atom is -0.486 e. The van der Waals surface area contributed by atoms with E-state index >= 15 is 0 Å². The number of alkyl halides is 2. The summed E-state index contributed by atoms with van der Waals surface area (Å²) in [6.07, 6.45) is -0.410. The van der Waals surface area contributed by atoms with Gasteiger partial charge in [-0.25, -0.2) is 13.8 Å². The number of furan rings is 1. The summed E-state index contributed by atoms with van der Waals surface area (Å²) in [5.74, 6) is -0.471. The van der Waals surface area contributed by atoms with Gasteiger partial charge in [-0.2, -0.15) is 5.10 Å². The summed E-state index contributed by atoms with van der Waals surface area (Å²) >= 11 is 0.824.